The number of carbonyl (C=O) groups excluding carboxylic acids is 1. The lowest BCUT2D eigenvalue weighted by atomic mass is 9.91. The van der Waals surface area contributed by atoms with E-state index in [4.69, 9.17) is 30.8 Å². The molecule has 2 N–H and O–H groups in total. The van der Waals surface area contributed by atoms with Gasteiger partial charge in [-0.05, 0) is 88.4 Å². The Morgan fingerprint density at radius 2 is 1.72 bits per heavy atom. The van der Waals surface area contributed by atoms with Crippen molar-refractivity contribution >= 4 is 44.4 Å². The number of halogens is 1. The van der Waals surface area contributed by atoms with Crippen molar-refractivity contribution in [2.24, 2.45) is 0 Å². The molecule has 1 aliphatic rings. The lowest BCUT2D eigenvalue weighted by Crippen LogP contribution is -2.42. The molecule has 1 amide bonds. The summed E-state index contributed by atoms with van der Waals surface area (Å²) < 4.78 is 42.7. The maximum absolute atomic E-state index is 13.1. The second-order valence-electron chi connectivity index (χ2n) is 12.6. The van der Waals surface area contributed by atoms with Crippen LogP contribution in [0.2, 0.25) is 5.02 Å². The lowest BCUT2D eigenvalue weighted by Gasteiger charge is -2.30. The van der Waals surface area contributed by atoms with Crippen molar-refractivity contribution in [1.29, 1.82) is 0 Å². The first kappa shape index (κ1) is 34.3. The fourth-order valence-electron chi connectivity index (χ4n) is 5.65. The van der Waals surface area contributed by atoms with Crippen molar-refractivity contribution in [2.75, 3.05) is 19.5 Å². The van der Waals surface area contributed by atoms with Gasteiger partial charge in [-0.25, -0.2) is 28.2 Å². The number of anilines is 1. The van der Waals surface area contributed by atoms with E-state index in [2.05, 4.69) is 20.6 Å². The topological polar surface area (TPSA) is 142 Å². The summed E-state index contributed by atoms with van der Waals surface area (Å²) in [5.41, 5.74) is 2.89. The van der Waals surface area contributed by atoms with Crippen LogP contribution in [-0.4, -0.2) is 61.4 Å². The molecule has 0 bridgehead atoms. The minimum atomic E-state index is -3.73. The standard InChI is InChI=1S/C34H40ClN5O6S/c1-34(2,3)46-33(41)39-25-12-10-24(11-13-25)38-32-36-18-22-16-21(17-23(19-44-4)30(22)40-32)27-15-14-26(37-31(27)45-5)20-47(42,43)29-9-7-6-8-28(29)35/h6-9,14-18,24-25H,10-13,19-20H2,1-5H3,(H,39,41)(H,36,38,40). The van der Waals surface area contributed by atoms with Crippen molar-refractivity contribution in [1.82, 2.24) is 20.3 Å². The Hall–Kier alpha value is -4.00. The van der Waals surface area contributed by atoms with Gasteiger partial charge in [0.25, 0.3) is 0 Å². The first-order valence-corrected chi connectivity index (χ1v) is 17.4. The molecule has 11 nitrogen and oxygen atoms in total. The number of nitrogens with zero attached hydrogens (tertiary/aromatic N) is 3. The van der Waals surface area contributed by atoms with E-state index in [9.17, 15) is 13.2 Å². The zero-order valence-corrected chi connectivity index (χ0v) is 28.7. The molecule has 1 saturated carbocycles. The first-order valence-electron chi connectivity index (χ1n) is 15.4. The van der Waals surface area contributed by atoms with Gasteiger partial charge < -0.3 is 24.8 Å². The Morgan fingerprint density at radius 1 is 1.00 bits per heavy atom. The van der Waals surface area contributed by atoms with Crippen LogP contribution in [0.15, 0.2) is 59.6 Å². The maximum Gasteiger partial charge on any atom is 0.407 e. The average molecular weight is 682 g/mol. The summed E-state index contributed by atoms with van der Waals surface area (Å²) in [7, 11) is -0.607. The van der Waals surface area contributed by atoms with Gasteiger partial charge >= 0.3 is 6.09 Å². The molecule has 0 spiro atoms. The highest BCUT2D eigenvalue weighted by Crippen LogP contribution is 2.34. The van der Waals surface area contributed by atoms with E-state index in [0.29, 0.717) is 23.8 Å². The van der Waals surface area contributed by atoms with E-state index in [-0.39, 0.29) is 39.7 Å². The molecular formula is C34H40ClN5O6S. The molecule has 1 aliphatic carbocycles. The van der Waals surface area contributed by atoms with Gasteiger partial charge in [-0.1, -0.05) is 23.7 Å². The SMILES string of the molecule is COCc1cc(-c2ccc(CS(=O)(=O)c3ccccc3Cl)nc2OC)cc2cnc(NC3CCC(NC(=O)OC(C)(C)C)CC3)nc12. The molecule has 1 fully saturated rings. The number of benzene rings is 2. The minimum absolute atomic E-state index is 0.0574. The Bertz CT molecular complexity index is 1860. The molecule has 250 valence electrons. The lowest BCUT2D eigenvalue weighted by molar-refractivity contribution is 0.0492. The molecule has 0 aliphatic heterocycles. The minimum Gasteiger partial charge on any atom is -0.481 e. The number of methoxy groups -OCH3 is 2. The summed E-state index contributed by atoms with van der Waals surface area (Å²) in [5.74, 6) is 0.482. The van der Waals surface area contributed by atoms with Crippen LogP contribution in [-0.2, 0) is 31.7 Å². The van der Waals surface area contributed by atoms with Gasteiger partial charge in [0.2, 0.25) is 11.8 Å². The molecule has 47 heavy (non-hydrogen) atoms. The smallest absolute Gasteiger partial charge is 0.407 e. The molecule has 0 saturated heterocycles. The second-order valence-corrected chi connectivity index (χ2v) is 15.0. The molecule has 13 heteroatoms. The van der Waals surface area contributed by atoms with Crippen molar-refractivity contribution in [3.05, 3.63) is 71.0 Å². The number of ether oxygens (including phenoxy) is 3. The third-order valence-electron chi connectivity index (χ3n) is 7.77. The number of aromatic nitrogens is 3. The molecule has 2 aromatic carbocycles. The summed E-state index contributed by atoms with van der Waals surface area (Å²) in [4.78, 5) is 26.2. The van der Waals surface area contributed by atoms with Gasteiger partial charge in [0.15, 0.2) is 9.84 Å². The third-order valence-corrected chi connectivity index (χ3v) is 9.92. The van der Waals surface area contributed by atoms with E-state index < -0.39 is 15.4 Å². The quantitative estimate of drug-likeness (QED) is 0.185. The van der Waals surface area contributed by atoms with Crippen LogP contribution in [0, 0.1) is 0 Å². The molecular weight excluding hydrogens is 642 g/mol. The Labute approximate surface area is 280 Å². The maximum atomic E-state index is 13.1. The highest BCUT2D eigenvalue weighted by atomic mass is 35.5. The van der Waals surface area contributed by atoms with Crippen LogP contribution in [0.25, 0.3) is 22.0 Å². The van der Waals surface area contributed by atoms with E-state index >= 15 is 0 Å². The van der Waals surface area contributed by atoms with E-state index in [1.165, 1.54) is 13.2 Å². The van der Waals surface area contributed by atoms with Gasteiger partial charge in [0.05, 0.1) is 40.6 Å². The molecule has 2 heterocycles. The monoisotopic (exact) mass is 681 g/mol. The summed E-state index contributed by atoms with van der Waals surface area (Å²) in [6, 6.07) is 14.0. The van der Waals surface area contributed by atoms with E-state index in [0.717, 1.165) is 47.7 Å². The Kier molecular flexibility index (Phi) is 10.5. The highest BCUT2D eigenvalue weighted by Gasteiger charge is 2.26. The van der Waals surface area contributed by atoms with Gasteiger partial charge in [-0.15, -0.1) is 0 Å². The number of carbonyl (C=O) groups is 1. The molecule has 0 radical (unpaired) electrons. The van der Waals surface area contributed by atoms with Gasteiger partial charge in [-0.3, -0.25) is 0 Å². The summed E-state index contributed by atoms with van der Waals surface area (Å²) >= 11 is 6.16. The van der Waals surface area contributed by atoms with Gasteiger partial charge in [-0.2, -0.15) is 0 Å². The molecule has 2 aromatic heterocycles. The van der Waals surface area contributed by atoms with E-state index in [1.54, 1.807) is 43.6 Å². The Balaban J connectivity index is 1.33. The highest BCUT2D eigenvalue weighted by molar-refractivity contribution is 7.90. The predicted molar refractivity (Wildman–Crippen MR) is 181 cm³/mol. The van der Waals surface area contributed by atoms with Gasteiger partial charge in [0, 0.05) is 41.9 Å². The van der Waals surface area contributed by atoms with Crippen molar-refractivity contribution < 1.29 is 27.4 Å². The van der Waals surface area contributed by atoms with Crippen LogP contribution in [0.3, 0.4) is 0 Å². The van der Waals surface area contributed by atoms with Crippen LogP contribution < -0.4 is 15.4 Å². The number of hydrogen-bond acceptors (Lipinski definition) is 10. The number of alkyl carbamates (subject to hydrolysis) is 1. The number of nitrogens with one attached hydrogen (secondary N) is 2. The number of rotatable bonds is 10. The first-order chi connectivity index (χ1) is 22.3. The number of sulfone groups is 1. The summed E-state index contributed by atoms with van der Waals surface area (Å²) in [6.07, 6.45) is 4.74. The van der Waals surface area contributed by atoms with Crippen molar-refractivity contribution in [3.63, 3.8) is 0 Å². The van der Waals surface area contributed by atoms with Crippen molar-refractivity contribution in [2.45, 2.75) is 81.4 Å². The predicted octanol–water partition coefficient (Wildman–Crippen LogP) is 6.72. The largest absolute Gasteiger partial charge is 0.481 e. The fraction of sp³-hybridized carbons (Fsp3) is 0.412. The molecule has 4 aromatic rings. The zero-order chi connectivity index (χ0) is 33.8. The van der Waals surface area contributed by atoms with E-state index in [1.807, 2.05) is 32.9 Å². The second kappa shape index (κ2) is 14.4. The normalized spacial score (nSPS) is 16.9. The van der Waals surface area contributed by atoms with Crippen LogP contribution >= 0.6 is 11.6 Å². The zero-order valence-electron chi connectivity index (χ0n) is 27.2. The van der Waals surface area contributed by atoms with Crippen LogP contribution in [0.5, 0.6) is 5.88 Å². The number of fused-ring (bicyclic) bond motifs is 1. The summed E-state index contributed by atoms with van der Waals surface area (Å²) in [6.45, 7) is 5.86. The van der Waals surface area contributed by atoms with Crippen molar-refractivity contribution in [3.8, 4) is 17.0 Å². The molecule has 0 unspecified atom stereocenters. The number of amides is 1. The Morgan fingerprint density at radius 3 is 2.40 bits per heavy atom. The molecule has 5 rings (SSSR count). The summed E-state index contributed by atoms with van der Waals surface area (Å²) in [5, 5.41) is 7.41. The van der Waals surface area contributed by atoms with Crippen LogP contribution in [0.1, 0.15) is 57.7 Å². The van der Waals surface area contributed by atoms with Crippen LogP contribution in [0.4, 0.5) is 10.7 Å². The molecule has 0 atom stereocenters. The third kappa shape index (κ3) is 8.68. The van der Waals surface area contributed by atoms with Gasteiger partial charge in [0.1, 0.15) is 5.60 Å². The number of pyridine rings is 1. The number of hydrogen-bond donors (Lipinski definition) is 2. The fourth-order valence-corrected chi connectivity index (χ4v) is 7.50. The average Bonchev–Trinajstić information content (AvgIpc) is 3.01.